The predicted molar refractivity (Wildman–Crippen MR) is 152 cm³/mol. The van der Waals surface area contributed by atoms with Gasteiger partial charge in [0.2, 0.25) is 5.51 Å². The van der Waals surface area contributed by atoms with Crippen molar-refractivity contribution in [1.29, 1.82) is 0 Å². The summed E-state index contributed by atoms with van der Waals surface area (Å²) in [5, 5.41) is 21.2. The molecule has 4 aromatic rings. The van der Waals surface area contributed by atoms with Crippen LogP contribution in [0.2, 0.25) is 0 Å². The molecule has 4 aromatic heterocycles. The normalized spacial score (nSPS) is 22.0. The van der Waals surface area contributed by atoms with E-state index in [0.29, 0.717) is 18.2 Å². The molecule has 5 rings (SSSR count). The summed E-state index contributed by atoms with van der Waals surface area (Å²) >= 11 is 1.37. The number of hydrogen-bond donors (Lipinski definition) is 6. The molecule has 5 heterocycles. The lowest BCUT2D eigenvalue weighted by Crippen LogP contribution is -2.35. The monoisotopic (exact) mass is 674 g/mol. The molecular weight excluding hydrogens is 644 g/mol. The molecule has 44 heavy (non-hydrogen) atoms. The van der Waals surface area contributed by atoms with Gasteiger partial charge < -0.3 is 36.2 Å². The number of fused-ring (bicyclic) bond motifs is 1. The van der Waals surface area contributed by atoms with Crippen molar-refractivity contribution < 1.29 is 51.8 Å². The number of nitrogen functional groups attached to an aromatic ring is 2. The van der Waals surface area contributed by atoms with Gasteiger partial charge >= 0.3 is 15.6 Å². The van der Waals surface area contributed by atoms with Gasteiger partial charge in [0.15, 0.2) is 29.9 Å². The number of rotatable bonds is 12. The molecule has 0 amide bonds. The number of nitrogens with two attached hydrogens (primary N) is 2. The van der Waals surface area contributed by atoms with Crippen molar-refractivity contribution in [2.45, 2.75) is 51.4 Å². The van der Waals surface area contributed by atoms with Gasteiger partial charge in [-0.3, -0.25) is 13.6 Å². The lowest BCUT2D eigenvalue weighted by Gasteiger charge is -2.21. The van der Waals surface area contributed by atoms with Crippen LogP contribution in [0.3, 0.4) is 0 Å². The molecule has 0 bridgehead atoms. The van der Waals surface area contributed by atoms with Crippen molar-refractivity contribution in [3.8, 4) is 0 Å². The summed E-state index contributed by atoms with van der Waals surface area (Å²) in [4.78, 5) is 39.9. The number of thiazole rings is 1. The van der Waals surface area contributed by atoms with Crippen LogP contribution in [-0.4, -0.2) is 81.0 Å². The third kappa shape index (κ3) is 7.11. The molecule has 1 aliphatic heterocycles. The maximum atomic E-state index is 13.2. The summed E-state index contributed by atoms with van der Waals surface area (Å²) in [7, 11) is -10.3. The van der Waals surface area contributed by atoms with E-state index in [1.165, 1.54) is 28.6 Å². The van der Waals surface area contributed by atoms with Gasteiger partial charge in [-0.1, -0.05) is 11.3 Å². The first kappa shape index (κ1) is 32.4. The minimum Gasteiger partial charge on any atom is -0.387 e. The number of anilines is 2. The van der Waals surface area contributed by atoms with Crippen molar-refractivity contribution >= 4 is 49.8 Å². The summed E-state index contributed by atoms with van der Waals surface area (Å²) in [5.41, 5.74) is 15.7. The summed E-state index contributed by atoms with van der Waals surface area (Å²) in [6.45, 7) is 2.95. The van der Waals surface area contributed by atoms with Gasteiger partial charge in [0.25, 0.3) is 0 Å². The van der Waals surface area contributed by atoms with Crippen LogP contribution in [0.15, 0.2) is 24.4 Å². The maximum Gasteiger partial charge on any atom is 0.483 e. The van der Waals surface area contributed by atoms with Gasteiger partial charge in [0.1, 0.15) is 41.8 Å². The minimum absolute atomic E-state index is 0.0902. The van der Waals surface area contributed by atoms with E-state index in [2.05, 4.69) is 29.2 Å². The van der Waals surface area contributed by atoms with Gasteiger partial charge in [-0.2, -0.15) is 8.88 Å². The van der Waals surface area contributed by atoms with Crippen LogP contribution in [-0.2, 0) is 40.2 Å². The average Bonchev–Trinajstić information content (AvgIpc) is 3.61. The molecule has 5 atom stereocenters. The minimum atomic E-state index is -5.35. The Balaban J connectivity index is 1.23. The fourth-order valence-electron chi connectivity index (χ4n) is 4.45. The number of phosphoric acid groups is 2. The third-order valence-corrected chi connectivity index (χ3v) is 10.5. The maximum absolute atomic E-state index is 13.2. The molecule has 0 radical (unpaired) electrons. The van der Waals surface area contributed by atoms with Crippen LogP contribution in [0, 0.1) is 13.8 Å². The first-order valence-electron chi connectivity index (χ1n) is 12.9. The zero-order valence-corrected chi connectivity index (χ0v) is 25.9. The van der Waals surface area contributed by atoms with E-state index in [1.807, 2.05) is 17.0 Å². The van der Waals surface area contributed by atoms with E-state index in [1.54, 1.807) is 13.1 Å². The van der Waals surface area contributed by atoms with Crippen LogP contribution >= 0.6 is 27.0 Å². The second-order valence-corrected chi connectivity index (χ2v) is 13.7. The number of hydrogen-bond acceptors (Lipinski definition) is 16. The van der Waals surface area contributed by atoms with E-state index in [0.717, 1.165) is 16.1 Å². The summed E-state index contributed by atoms with van der Waals surface area (Å²) in [6, 6.07) is 0. The molecule has 3 unspecified atom stereocenters. The van der Waals surface area contributed by atoms with E-state index in [-0.39, 0.29) is 30.0 Å². The molecule has 22 heteroatoms. The van der Waals surface area contributed by atoms with E-state index in [9.17, 15) is 29.1 Å². The van der Waals surface area contributed by atoms with Crippen molar-refractivity contribution in [2.24, 2.45) is 0 Å². The second-order valence-electron chi connectivity index (χ2n) is 9.72. The van der Waals surface area contributed by atoms with Gasteiger partial charge in [-0.15, -0.1) is 0 Å². The quantitative estimate of drug-likeness (QED) is 0.0845. The zero-order valence-electron chi connectivity index (χ0n) is 23.3. The first-order valence-corrected chi connectivity index (χ1v) is 16.8. The predicted octanol–water partition coefficient (Wildman–Crippen LogP) is -0.0927. The Kier molecular flexibility index (Phi) is 9.41. The number of ether oxygens (including phenoxy) is 1. The number of aromatic nitrogens is 7. The second kappa shape index (κ2) is 12.8. The molecule has 0 aromatic carbocycles. The standard InChI is InChI=1S/C22H29N9O10P2S/c1-11-15(44-10-30(11)6-13-5-25-12(2)29-19(13)23)3-4-38-43(37,41-42(34,35)36)39-7-14-17(32)18(33)22(40-14)31-9-28-16-20(24)26-8-27-21(16)31/h5,8-10,14,17-18,22,32-33H,3-4,6-7H2,1-2H3,(H5-,23,24,25,26,27,29,34,35,36)/p+1/t14-,17?,18?,22-,43?/m1/s1. The van der Waals surface area contributed by atoms with Gasteiger partial charge in [-0.25, -0.2) is 34.0 Å². The fraction of sp³-hybridized carbons (Fsp3) is 0.455. The molecule has 238 valence electrons. The number of aliphatic hydroxyl groups is 2. The highest BCUT2D eigenvalue weighted by Gasteiger charge is 2.46. The Hall–Kier alpha value is -3.00. The zero-order chi connectivity index (χ0) is 31.8. The molecule has 0 saturated carbocycles. The van der Waals surface area contributed by atoms with Crippen molar-refractivity contribution in [3.05, 3.63) is 46.3 Å². The third-order valence-electron chi connectivity index (χ3n) is 6.70. The number of aryl methyl sites for hydroxylation is 1. The average molecular weight is 675 g/mol. The largest absolute Gasteiger partial charge is 0.483 e. The van der Waals surface area contributed by atoms with Crippen LogP contribution in [0.4, 0.5) is 11.6 Å². The van der Waals surface area contributed by atoms with Crippen LogP contribution < -0.4 is 16.0 Å². The van der Waals surface area contributed by atoms with Crippen molar-refractivity contribution in [1.82, 2.24) is 29.5 Å². The number of nitrogens with zero attached hydrogens (tertiary/aromatic N) is 7. The van der Waals surface area contributed by atoms with E-state index in [4.69, 9.17) is 25.3 Å². The highest BCUT2D eigenvalue weighted by molar-refractivity contribution is 7.61. The summed E-state index contributed by atoms with van der Waals surface area (Å²) in [6.07, 6.45) is -1.32. The van der Waals surface area contributed by atoms with Gasteiger partial charge in [0, 0.05) is 19.5 Å². The SMILES string of the molecule is Cc1ncc(C[n+]2csc(CCOP(=O)(OC[C@H]3O[C@@H](n4cnc5c(N)ncnc54)C(O)C3O)OP(=O)(O)O)c2C)c(N)n1. The van der Waals surface area contributed by atoms with Gasteiger partial charge in [-0.05, 0) is 6.92 Å². The topological polar surface area (TPSA) is 277 Å². The first-order chi connectivity index (χ1) is 20.7. The molecular formula is C22H30N9O10P2S+. The van der Waals surface area contributed by atoms with Crippen molar-refractivity contribution in [3.63, 3.8) is 0 Å². The lowest BCUT2D eigenvalue weighted by molar-refractivity contribution is -0.689. The van der Waals surface area contributed by atoms with Crippen LogP contribution in [0.25, 0.3) is 11.2 Å². The van der Waals surface area contributed by atoms with Crippen molar-refractivity contribution in [2.75, 3.05) is 24.7 Å². The smallest absolute Gasteiger partial charge is 0.387 e. The highest BCUT2D eigenvalue weighted by Crippen LogP contribution is 2.61. The highest BCUT2D eigenvalue weighted by atomic mass is 32.1. The Morgan fingerprint density at radius 3 is 2.59 bits per heavy atom. The van der Waals surface area contributed by atoms with Gasteiger partial charge in [0.05, 0.1) is 30.0 Å². The number of imidazole rings is 1. The Bertz CT molecular complexity index is 1750. The summed E-state index contributed by atoms with van der Waals surface area (Å²) in [5.74, 6) is 1.01. The van der Waals surface area contributed by atoms with Crippen LogP contribution in [0.1, 0.15) is 28.2 Å². The molecule has 1 saturated heterocycles. The van der Waals surface area contributed by atoms with Crippen LogP contribution in [0.5, 0.6) is 0 Å². The molecule has 0 spiro atoms. The molecule has 19 nitrogen and oxygen atoms in total. The number of phosphoric ester groups is 1. The Morgan fingerprint density at radius 2 is 1.86 bits per heavy atom. The molecule has 0 aliphatic carbocycles. The Morgan fingerprint density at radius 1 is 1.09 bits per heavy atom. The molecule has 1 fully saturated rings. The van der Waals surface area contributed by atoms with E-state index < -0.39 is 46.8 Å². The fourth-order valence-corrected chi connectivity index (χ4v) is 7.56. The summed E-state index contributed by atoms with van der Waals surface area (Å²) < 4.78 is 48.6. The number of aliphatic hydroxyl groups excluding tert-OH is 2. The molecule has 1 aliphatic rings. The van der Waals surface area contributed by atoms with E-state index >= 15 is 0 Å². The lowest BCUT2D eigenvalue weighted by atomic mass is 10.1. The Labute approximate surface area is 253 Å². The molecule has 8 N–H and O–H groups in total.